The molecule has 1 aliphatic carbocycles. The molecule has 1 saturated heterocycles. The molecule has 1 N–H and O–H groups in total. The molecule has 1 saturated carbocycles. The summed E-state index contributed by atoms with van der Waals surface area (Å²) in [6, 6.07) is 0.715. The van der Waals surface area contributed by atoms with Gasteiger partial charge >= 0.3 is 0 Å². The first-order chi connectivity index (χ1) is 8.28. The van der Waals surface area contributed by atoms with Crippen LogP contribution >= 0.6 is 0 Å². The van der Waals surface area contributed by atoms with E-state index >= 15 is 0 Å². The zero-order chi connectivity index (χ0) is 13.4. The summed E-state index contributed by atoms with van der Waals surface area (Å²) in [6.07, 6.45) is 2.84. The Balaban J connectivity index is 1.82. The highest BCUT2D eigenvalue weighted by molar-refractivity contribution is 4.98. The predicted molar refractivity (Wildman–Crippen MR) is 75.9 cm³/mol. The van der Waals surface area contributed by atoms with Crippen molar-refractivity contribution in [2.45, 2.75) is 64.6 Å². The van der Waals surface area contributed by atoms with E-state index in [0.29, 0.717) is 6.04 Å². The Kier molecular flexibility index (Phi) is 4.05. The summed E-state index contributed by atoms with van der Waals surface area (Å²) in [7, 11) is 0. The van der Waals surface area contributed by atoms with Crippen LogP contribution in [0.1, 0.15) is 47.5 Å². The average molecular weight is 254 g/mol. The lowest BCUT2D eigenvalue weighted by molar-refractivity contribution is -0.0341. The fourth-order valence-electron chi connectivity index (χ4n) is 2.71. The Hall–Kier alpha value is -0.120. The number of ether oxygens (including phenoxy) is 1. The monoisotopic (exact) mass is 254 g/mol. The van der Waals surface area contributed by atoms with Crippen LogP contribution in [-0.2, 0) is 4.74 Å². The third-order valence-electron chi connectivity index (χ3n) is 4.16. The van der Waals surface area contributed by atoms with Gasteiger partial charge in [-0.3, -0.25) is 4.90 Å². The van der Waals surface area contributed by atoms with E-state index in [0.717, 1.165) is 25.6 Å². The molecule has 1 heterocycles. The Bertz CT molecular complexity index is 279. The van der Waals surface area contributed by atoms with Gasteiger partial charge in [-0.15, -0.1) is 0 Å². The molecule has 1 unspecified atom stereocenters. The highest BCUT2D eigenvalue weighted by Crippen LogP contribution is 2.35. The average Bonchev–Trinajstić information content (AvgIpc) is 3.02. The minimum absolute atomic E-state index is 0.0198. The van der Waals surface area contributed by atoms with Gasteiger partial charge in [-0.1, -0.05) is 0 Å². The van der Waals surface area contributed by atoms with Crippen LogP contribution in [0.3, 0.4) is 0 Å². The van der Waals surface area contributed by atoms with Crippen molar-refractivity contribution in [1.82, 2.24) is 10.2 Å². The maximum absolute atomic E-state index is 5.87. The van der Waals surface area contributed by atoms with Crippen LogP contribution in [0.2, 0.25) is 0 Å². The molecular weight excluding hydrogens is 224 g/mol. The molecular formula is C15H30N2O. The van der Waals surface area contributed by atoms with Crippen LogP contribution in [0.4, 0.5) is 0 Å². The van der Waals surface area contributed by atoms with Crippen molar-refractivity contribution in [3.63, 3.8) is 0 Å². The van der Waals surface area contributed by atoms with Crippen molar-refractivity contribution in [2.75, 3.05) is 26.2 Å². The van der Waals surface area contributed by atoms with Crippen LogP contribution in [0.5, 0.6) is 0 Å². The Morgan fingerprint density at radius 1 is 1.28 bits per heavy atom. The minimum Gasteiger partial charge on any atom is -0.375 e. The van der Waals surface area contributed by atoms with E-state index in [2.05, 4.69) is 44.8 Å². The number of hydrogen-bond donors (Lipinski definition) is 1. The third-order valence-corrected chi connectivity index (χ3v) is 4.16. The fourth-order valence-corrected chi connectivity index (χ4v) is 2.71. The first-order valence-electron chi connectivity index (χ1n) is 7.40. The summed E-state index contributed by atoms with van der Waals surface area (Å²) in [5.41, 5.74) is 0.237. The minimum atomic E-state index is -0.0198. The van der Waals surface area contributed by atoms with E-state index in [1.165, 1.54) is 19.4 Å². The Labute approximate surface area is 112 Å². The first kappa shape index (κ1) is 14.3. The van der Waals surface area contributed by atoms with E-state index in [4.69, 9.17) is 4.74 Å². The lowest BCUT2D eigenvalue weighted by Crippen LogP contribution is -2.63. The SMILES string of the molecule is CC(C)(C)OCCN1CC(C2CC2)NCC1(C)C. The summed E-state index contributed by atoms with van der Waals surface area (Å²) >= 11 is 0. The van der Waals surface area contributed by atoms with Gasteiger partial charge in [-0.25, -0.2) is 0 Å². The maximum atomic E-state index is 5.87. The van der Waals surface area contributed by atoms with Gasteiger partial charge in [0.2, 0.25) is 0 Å². The molecule has 0 radical (unpaired) electrons. The zero-order valence-corrected chi connectivity index (χ0v) is 12.8. The largest absolute Gasteiger partial charge is 0.375 e. The Morgan fingerprint density at radius 2 is 1.94 bits per heavy atom. The molecule has 0 spiro atoms. The van der Waals surface area contributed by atoms with Gasteiger partial charge in [0, 0.05) is 31.2 Å². The lowest BCUT2D eigenvalue weighted by atomic mass is 9.96. The van der Waals surface area contributed by atoms with Gasteiger partial charge < -0.3 is 10.1 Å². The van der Waals surface area contributed by atoms with Gasteiger partial charge in [-0.05, 0) is 53.4 Å². The molecule has 3 heteroatoms. The predicted octanol–water partition coefficient (Wildman–Crippen LogP) is 2.26. The normalized spacial score (nSPS) is 29.5. The molecule has 0 amide bonds. The highest BCUT2D eigenvalue weighted by atomic mass is 16.5. The maximum Gasteiger partial charge on any atom is 0.0600 e. The van der Waals surface area contributed by atoms with Gasteiger partial charge in [0.25, 0.3) is 0 Å². The van der Waals surface area contributed by atoms with Gasteiger partial charge in [-0.2, -0.15) is 0 Å². The second-order valence-corrected chi connectivity index (χ2v) is 7.54. The lowest BCUT2D eigenvalue weighted by Gasteiger charge is -2.46. The number of nitrogens with one attached hydrogen (secondary N) is 1. The van der Waals surface area contributed by atoms with Gasteiger partial charge in [0.1, 0.15) is 0 Å². The highest BCUT2D eigenvalue weighted by Gasteiger charge is 2.40. The van der Waals surface area contributed by atoms with Gasteiger partial charge in [0.05, 0.1) is 12.2 Å². The van der Waals surface area contributed by atoms with E-state index in [1.807, 2.05) is 0 Å². The first-order valence-corrected chi connectivity index (χ1v) is 7.40. The van der Waals surface area contributed by atoms with Crippen molar-refractivity contribution >= 4 is 0 Å². The molecule has 0 bridgehead atoms. The van der Waals surface area contributed by atoms with Crippen LogP contribution in [0.15, 0.2) is 0 Å². The third kappa shape index (κ3) is 3.94. The molecule has 1 atom stereocenters. The molecule has 0 aromatic heterocycles. The van der Waals surface area contributed by atoms with Crippen molar-refractivity contribution in [1.29, 1.82) is 0 Å². The van der Waals surface area contributed by atoms with Crippen molar-refractivity contribution in [3.05, 3.63) is 0 Å². The van der Waals surface area contributed by atoms with Crippen LogP contribution in [-0.4, -0.2) is 48.3 Å². The molecule has 3 nitrogen and oxygen atoms in total. The number of rotatable bonds is 4. The standard InChI is InChI=1S/C15H30N2O/c1-14(2,3)18-9-8-17-10-13(12-6-7-12)16-11-15(17,4)5/h12-13,16H,6-11H2,1-5H3. The molecule has 2 fully saturated rings. The molecule has 2 rings (SSSR count). The van der Waals surface area contributed by atoms with Crippen LogP contribution < -0.4 is 5.32 Å². The van der Waals surface area contributed by atoms with Crippen LogP contribution in [0, 0.1) is 5.92 Å². The number of piperazine rings is 1. The quantitative estimate of drug-likeness (QED) is 0.833. The molecule has 2 aliphatic rings. The van der Waals surface area contributed by atoms with E-state index in [1.54, 1.807) is 0 Å². The fraction of sp³-hybridized carbons (Fsp3) is 1.00. The summed E-state index contributed by atoms with van der Waals surface area (Å²) < 4.78 is 5.87. The number of nitrogens with zero attached hydrogens (tertiary/aromatic N) is 1. The summed E-state index contributed by atoms with van der Waals surface area (Å²) in [5, 5.41) is 3.73. The van der Waals surface area contributed by atoms with Gasteiger partial charge in [0.15, 0.2) is 0 Å². The van der Waals surface area contributed by atoms with E-state index < -0.39 is 0 Å². The molecule has 0 aromatic carbocycles. The molecule has 1 aliphatic heterocycles. The smallest absolute Gasteiger partial charge is 0.0600 e. The van der Waals surface area contributed by atoms with E-state index in [9.17, 15) is 0 Å². The summed E-state index contributed by atoms with van der Waals surface area (Å²) in [5.74, 6) is 0.937. The second kappa shape index (κ2) is 5.10. The Morgan fingerprint density at radius 3 is 2.50 bits per heavy atom. The molecule has 106 valence electrons. The zero-order valence-electron chi connectivity index (χ0n) is 12.8. The molecule has 18 heavy (non-hydrogen) atoms. The second-order valence-electron chi connectivity index (χ2n) is 7.54. The van der Waals surface area contributed by atoms with Crippen LogP contribution in [0.25, 0.3) is 0 Å². The molecule has 0 aromatic rings. The van der Waals surface area contributed by atoms with Crippen molar-refractivity contribution in [3.8, 4) is 0 Å². The number of hydrogen-bond acceptors (Lipinski definition) is 3. The van der Waals surface area contributed by atoms with E-state index in [-0.39, 0.29) is 11.1 Å². The summed E-state index contributed by atoms with van der Waals surface area (Å²) in [4.78, 5) is 2.61. The van der Waals surface area contributed by atoms with Crippen molar-refractivity contribution in [2.24, 2.45) is 5.92 Å². The summed E-state index contributed by atoms with van der Waals surface area (Å²) in [6.45, 7) is 15.2. The van der Waals surface area contributed by atoms with Crippen molar-refractivity contribution < 1.29 is 4.74 Å². The topological polar surface area (TPSA) is 24.5 Å².